The van der Waals surface area contributed by atoms with Crippen LogP contribution in [-0.4, -0.2) is 27.1 Å². The minimum Gasteiger partial charge on any atom is -0.496 e. The van der Waals surface area contributed by atoms with E-state index >= 15 is 0 Å². The van der Waals surface area contributed by atoms with E-state index in [0.29, 0.717) is 24.3 Å². The third-order valence-corrected chi connectivity index (χ3v) is 7.32. The van der Waals surface area contributed by atoms with E-state index < -0.39 is 0 Å². The molecule has 3 aromatic carbocycles. The average Bonchev–Trinajstić information content (AvgIpc) is 3.05. The van der Waals surface area contributed by atoms with Gasteiger partial charge in [-0.15, -0.1) is 0 Å². The molecule has 0 bridgehead atoms. The lowest BCUT2D eigenvalue weighted by Crippen LogP contribution is -2.27. The molecule has 6 nitrogen and oxygen atoms in total. The molecule has 0 amide bonds. The zero-order valence-corrected chi connectivity index (χ0v) is 21.4. The maximum atomic E-state index is 13.8. The number of hydrogen-bond donors (Lipinski definition) is 2. The molecule has 180 valence electrons. The Bertz CT molecular complexity index is 1320. The van der Waals surface area contributed by atoms with Crippen LogP contribution in [0.5, 0.6) is 17.2 Å². The van der Waals surface area contributed by atoms with Crippen molar-refractivity contribution in [3.63, 3.8) is 0 Å². The molecule has 1 aliphatic carbocycles. The Balaban J connectivity index is 1.58. The second kappa shape index (κ2) is 9.66. The Labute approximate surface area is 213 Å². The number of allylic oxidation sites excluding steroid dienone is 1. The molecule has 0 fully saturated rings. The van der Waals surface area contributed by atoms with Crippen LogP contribution >= 0.6 is 15.9 Å². The lowest BCUT2D eigenvalue weighted by Gasteiger charge is -2.30. The van der Waals surface area contributed by atoms with Crippen molar-refractivity contribution in [2.24, 2.45) is 0 Å². The number of carbonyl (C=O) groups excluding carboxylic acids is 1. The molecule has 1 aliphatic heterocycles. The topological polar surface area (TPSA) is 68.8 Å². The zero-order valence-electron chi connectivity index (χ0n) is 19.9. The van der Waals surface area contributed by atoms with E-state index in [9.17, 15) is 4.79 Å². The Morgan fingerprint density at radius 3 is 2.20 bits per heavy atom. The molecule has 7 heteroatoms. The van der Waals surface area contributed by atoms with Gasteiger partial charge in [-0.3, -0.25) is 4.79 Å². The molecule has 2 N–H and O–H groups in total. The average molecular weight is 535 g/mol. The van der Waals surface area contributed by atoms with E-state index in [1.807, 2.05) is 60.7 Å². The fraction of sp³-hybridized carbons (Fsp3) is 0.250. The van der Waals surface area contributed by atoms with Gasteiger partial charge in [-0.25, -0.2) is 0 Å². The number of methoxy groups -OCH3 is 3. The maximum Gasteiger partial charge on any atom is 0.163 e. The smallest absolute Gasteiger partial charge is 0.163 e. The van der Waals surface area contributed by atoms with Gasteiger partial charge in [0.2, 0.25) is 0 Å². The summed E-state index contributed by atoms with van der Waals surface area (Å²) in [5.41, 5.74) is 5.66. The van der Waals surface area contributed by atoms with Crippen LogP contribution in [0.15, 0.2) is 76.4 Å². The predicted molar refractivity (Wildman–Crippen MR) is 141 cm³/mol. The van der Waals surface area contributed by atoms with Gasteiger partial charge in [0.25, 0.3) is 0 Å². The van der Waals surface area contributed by atoms with Crippen molar-refractivity contribution in [1.29, 1.82) is 0 Å². The van der Waals surface area contributed by atoms with E-state index in [1.54, 1.807) is 21.3 Å². The number of fused-ring (bicyclic) bond motifs is 1. The second-order valence-electron chi connectivity index (χ2n) is 8.68. The van der Waals surface area contributed by atoms with Crippen LogP contribution in [0.1, 0.15) is 35.9 Å². The molecule has 0 saturated heterocycles. The predicted octanol–water partition coefficient (Wildman–Crippen LogP) is 6.45. The van der Waals surface area contributed by atoms with Gasteiger partial charge in [-0.05, 0) is 75.8 Å². The highest BCUT2D eigenvalue weighted by atomic mass is 79.9. The van der Waals surface area contributed by atoms with Crippen molar-refractivity contribution < 1.29 is 19.0 Å². The van der Waals surface area contributed by atoms with Gasteiger partial charge in [0.15, 0.2) is 17.3 Å². The van der Waals surface area contributed by atoms with Crippen molar-refractivity contribution in [2.75, 3.05) is 32.0 Å². The number of anilines is 2. The number of ketones is 1. The molecule has 3 aromatic rings. The summed E-state index contributed by atoms with van der Waals surface area (Å²) < 4.78 is 17.2. The van der Waals surface area contributed by atoms with Crippen LogP contribution in [0.25, 0.3) is 0 Å². The molecule has 35 heavy (non-hydrogen) atoms. The number of Topliss-reactive ketones (excluding diaryl/α,β-unsaturated/α-hetero) is 1. The van der Waals surface area contributed by atoms with Crippen molar-refractivity contribution in [3.05, 3.63) is 87.5 Å². The van der Waals surface area contributed by atoms with Crippen LogP contribution in [0, 0.1) is 0 Å². The van der Waals surface area contributed by atoms with Gasteiger partial charge in [-0.1, -0.05) is 24.3 Å². The Morgan fingerprint density at radius 2 is 1.49 bits per heavy atom. The molecule has 2 unspecified atom stereocenters. The third-order valence-electron chi connectivity index (χ3n) is 6.70. The molecule has 0 saturated carbocycles. The van der Waals surface area contributed by atoms with Crippen molar-refractivity contribution >= 4 is 33.1 Å². The summed E-state index contributed by atoms with van der Waals surface area (Å²) in [6.07, 6.45) is 1.13. The summed E-state index contributed by atoms with van der Waals surface area (Å²) in [4.78, 5) is 13.8. The van der Waals surface area contributed by atoms with E-state index in [2.05, 4.69) is 26.6 Å². The fourth-order valence-electron chi connectivity index (χ4n) is 4.95. The Hall–Kier alpha value is -3.45. The first-order chi connectivity index (χ1) is 17.0. The van der Waals surface area contributed by atoms with E-state index in [4.69, 9.17) is 14.2 Å². The SMILES string of the molecule is COc1ccc(C2Nc3ccccc3NC3=C2C(=O)CC(c2ccc(OC)c(OC)c2)C3)cc1Br. The standard InChI is InChI=1S/C28H27BrN2O4/c1-33-24-10-9-17(12-19(24)29)28-27-22(30-20-6-4-5-7-21(20)31-28)13-18(14-23(27)32)16-8-11-25(34-2)26(15-16)35-3/h4-12,15,18,28,30-31H,13-14H2,1-3H3. The third kappa shape index (κ3) is 4.36. The largest absolute Gasteiger partial charge is 0.496 e. The number of rotatable bonds is 5. The van der Waals surface area contributed by atoms with Gasteiger partial charge in [0, 0.05) is 17.7 Å². The van der Waals surface area contributed by atoms with E-state index in [-0.39, 0.29) is 17.7 Å². The van der Waals surface area contributed by atoms with Crippen LogP contribution in [0.4, 0.5) is 11.4 Å². The minimum absolute atomic E-state index is 0.0297. The van der Waals surface area contributed by atoms with Gasteiger partial charge in [0.05, 0.1) is 43.2 Å². The molecular formula is C28H27BrN2O4. The highest BCUT2D eigenvalue weighted by Gasteiger charge is 2.36. The van der Waals surface area contributed by atoms with Gasteiger partial charge in [-0.2, -0.15) is 0 Å². The summed E-state index contributed by atoms with van der Waals surface area (Å²) in [5.74, 6) is 2.24. The van der Waals surface area contributed by atoms with Crippen LogP contribution < -0.4 is 24.8 Å². The molecule has 2 atom stereocenters. The lowest BCUT2D eigenvalue weighted by molar-refractivity contribution is -0.116. The minimum atomic E-state index is -0.290. The number of para-hydroxylation sites is 2. The molecule has 1 heterocycles. The van der Waals surface area contributed by atoms with Crippen molar-refractivity contribution in [3.8, 4) is 17.2 Å². The Morgan fingerprint density at radius 1 is 0.800 bits per heavy atom. The first-order valence-corrected chi connectivity index (χ1v) is 12.3. The second-order valence-corrected chi connectivity index (χ2v) is 9.53. The summed E-state index contributed by atoms with van der Waals surface area (Å²) >= 11 is 3.60. The monoisotopic (exact) mass is 534 g/mol. The quantitative estimate of drug-likeness (QED) is 0.391. The van der Waals surface area contributed by atoms with Crippen LogP contribution in [0.3, 0.4) is 0 Å². The summed E-state index contributed by atoms with van der Waals surface area (Å²) in [5, 5.41) is 7.20. The highest BCUT2D eigenvalue weighted by Crippen LogP contribution is 2.45. The van der Waals surface area contributed by atoms with Crippen molar-refractivity contribution in [1.82, 2.24) is 0 Å². The van der Waals surface area contributed by atoms with Gasteiger partial charge >= 0.3 is 0 Å². The molecule has 0 radical (unpaired) electrons. The fourth-order valence-corrected chi connectivity index (χ4v) is 5.51. The molecule has 5 rings (SSSR count). The number of halogens is 1. The normalized spacial score (nSPS) is 19.0. The van der Waals surface area contributed by atoms with Crippen molar-refractivity contribution in [2.45, 2.75) is 24.8 Å². The van der Waals surface area contributed by atoms with Gasteiger partial charge in [0.1, 0.15) is 5.75 Å². The Kier molecular flexibility index (Phi) is 6.43. The van der Waals surface area contributed by atoms with E-state index in [1.165, 1.54) is 0 Å². The lowest BCUT2D eigenvalue weighted by atomic mass is 9.78. The number of hydrogen-bond acceptors (Lipinski definition) is 6. The number of carbonyl (C=O) groups is 1. The number of ether oxygens (including phenoxy) is 3. The molecular weight excluding hydrogens is 508 g/mol. The van der Waals surface area contributed by atoms with Gasteiger partial charge < -0.3 is 24.8 Å². The molecule has 0 spiro atoms. The van der Waals surface area contributed by atoms with Crippen LogP contribution in [-0.2, 0) is 4.79 Å². The number of nitrogens with one attached hydrogen (secondary N) is 2. The summed E-state index contributed by atoms with van der Waals surface area (Å²) in [6.45, 7) is 0. The first-order valence-electron chi connectivity index (χ1n) is 11.5. The number of benzene rings is 3. The zero-order chi connectivity index (χ0) is 24.5. The summed E-state index contributed by atoms with van der Waals surface area (Å²) in [7, 11) is 4.89. The molecule has 2 aliphatic rings. The van der Waals surface area contributed by atoms with Crippen LogP contribution in [0.2, 0.25) is 0 Å². The summed E-state index contributed by atoms with van der Waals surface area (Å²) in [6, 6.07) is 19.6. The highest BCUT2D eigenvalue weighted by molar-refractivity contribution is 9.10. The van der Waals surface area contributed by atoms with E-state index in [0.717, 1.165) is 44.0 Å². The first kappa shape index (κ1) is 23.3. The maximum absolute atomic E-state index is 13.8. The molecule has 0 aromatic heterocycles.